The van der Waals surface area contributed by atoms with Gasteiger partial charge in [0.25, 0.3) is 0 Å². The van der Waals surface area contributed by atoms with E-state index in [-0.39, 0.29) is 6.10 Å². The summed E-state index contributed by atoms with van der Waals surface area (Å²) in [5.74, 6) is 0. The highest BCUT2D eigenvalue weighted by atomic mass is 16.3. The molecule has 1 saturated heterocycles. The average Bonchev–Trinajstić information content (AvgIpc) is 2.32. The lowest BCUT2D eigenvalue weighted by Gasteiger charge is -2.29. The number of piperidine rings is 1. The molecule has 0 saturated carbocycles. The van der Waals surface area contributed by atoms with Gasteiger partial charge in [0.2, 0.25) is 0 Å². The fourth-order valence-corrected chi connectivity index (χ4v) is 2.81. The van der Waals surface area contributed by atoms with Gasteiger partial charge in [0.05, 0.1) is 6.10 Å². The molecule has 0 bridgehead atoms. The van der Waals surface area contributed by atoms with Gasteiger partial charge in [0.1, 0.15) is 0 Å². The second kappa shape index (κ2) is 8.93. The van der Waals surface area contributed by atoms with Crippen molar-refractivity contribution in [1.29, 1.82) is 0 Å². The van der Waals surface area contributed by atoms with Crippen LogP contribution in [0.15, 0.2) is 0 Å². The predicted octanol–water partition coefficient (Wildman–Crippen LogP) is 3.63. The van der Waals surface area contributed by atoms with E-state index >= 15 is 0 Å². The highest BCUT2D eigenvalue weighted by Crippen LogP contribution is 2.18. The zero-order chi connectivity index (χ0) is 12.5. The van der Waals surface area contributed by atoms with Gasteiger partial charge in [0, 0.05) is 12.1 Å². The lowest BCUT2D eigenvalue weighted by atomic mass is 9.94. The van der Waals surface area contributed by atoms with E-state index in [1.807, 2.05) is 0 Å². The van der Waals surface area contributed by atoms with Gasteiger partial charge in [-0.25, -0.2) is 0 Å². The first-order valence-corrected chi connectivity index (χ1v) is 7.66. The molecule has 2 heteroatoms. The summed E-state index contributed by atoms with van der Waals surface area (Å²) < 4.78 is 0. The van der Waals surface area contributed by atoms with E-state index < -0.39 is 0 Å². The largest absolute Gasteiger partial charge is 0.393 e. The highest BCUT2D eigenvalue weighted by Gasteiger charge is 2.18. The van der Waals surface area contributed by atoms with Gasteiger partial charge in [-0.2, -0.15) is 0 Å². The van der Waals surface area contributed by atoms with Crippen LogP contribution in [0.25, 0.3) is 0 Å². The van der Waals surface area contributed by atoms with Crippen molar-refractivity contribution in [3.63, 3.8) is 0 Å². The molecule has 0 aromatic heterocycles. The molecule has 1 fully saturated rings. The third-order valence-electron chi connectivity index (χ3n) is 3.95. The van der Waals surface area contributed by atoms with Gasteiger partial charge in [-0.05, 0) is 39.0 Å². The van der Waals surface area contributed by atoms with Crippen LogP contribution in [-0.2, 0) is 0 Å². The van der Waals surface area contributed by atoms with E-state index in [0.717, 1.165) is 19.3 Å². The van der Waals surface area contributed by atoms with Crippen molar-refractivity contribution in [3.05, 3.63) is 0 Å². The lowest BCUT2D eigenvalue weighted by Crippen LogP contribution is -2.40. The average molecular weight is 241 g/mol. The molecule has 0 spiro atoms. The van der Waals surface area contributed by atoms with Crippen LogP contribution in [0.1, 0.15) is 78.1 Å². The molecule has 1 aliphatic heterocycles. The monoisotopic (exact) mass is 241 g/mol. The van der Waals surface area contributed by atoms with Gasteiger partial charge < -0.3 is 10.4 Å². The lowest BCUT2D eigenvalue weighted by molar-refractivity contribution is 0.140. The first-order chi connectivity index (χ1) is 8.22. The van der Waals surface area contributed by atoms with Crippen LogP contribution in [0.3, 0.4) is 0 Å². The Balaban J connectivity index is 2.00. The fraction of sp³-hybridized carbons (Fsp3) is 1.00. The summed E-state index contributed by atoms with van der Waals surface area (Å²) in [5, 5.41) is 13.6. The minimum atomic E-state index is -0.0640. The quantitative estimate of drug-likeness (QED) is 0.636. The molecular weight excluding hydrogens is 210 g/mol. The molecule has 102 valence electrons. The minimum Gasteiger partial charge on any atom is -0.393 e. The van der Waals surface area contributed by atoms with Crippen LogP contribution in [0, 0.1) is 0 Å². The van der Waals surface area contributed by atoms with Crippen molar-refractivity contribution < 1.29 is 5.11 Å². The Morgan fingerprint density at radius 2 is 2.00 bits per heavy atom. The third-order valence-corrected chi connectivity index (χ3v) is 3.95. The highest BCUT2D eigenvalue weighted by molar-refractivity contribution is 4.78. The Kier molecular flexibility index (Phi) is 7.87. The molecule has 3 atom stereocenters. The third kappa shape index (κ3) is 7.05. The second-order valence-electron chi connectivity index (χ2n) is 5.78. The number of aliphatic hydroxyl groups excluding tert-OH is 1. The second-order valence-corrected chi connectivity index (χ2v) is 5.78. The zero-order valence-corrected chi connectivity index (χ0v) is 11.8. The van der Waals surface area contributed by atoms with Crippen LogP contribution in [0.2, 0.25) is 0 Å². The Bertz CT molecular complexity index is 184. The smallest absolute Gasteiger partial charge is 0.0540 e. The van der Waals surface area contributed by atoms with Gasteiger partial charge in [-0.15, -0.1) is 0 Å². The predicted molar refractivity (Wildman–Crippen MR) is 74.2 cm³/mol. The Labute approximate surface area is 107 Å². The van der Waals surface area contributed by atoms with Crippen molar-refractivity contribution in [1.82, 2.24) is 5.32 Å². The van der Waals surface area contributed by atoms with Crippen molar-refractivity contribution >= 4 is 0 Å². The number of rotatable bonds is 8. The van der Waals surface area contributed by atoms with Crippen LogP contribution in [0.5, 0.6) is 0 Å². The summed E-state index contributed by atoms with van der Waals surface area (Å²) in [6.07, 6.45) is 12.1. The number of aliphatic hydroxyl groups is 1. The normalized spacial score (nSPS) is 27.0. The topological polar surface area (TPSA) is 32.3 Å². The summed E-state index contributed by atoms with van der Waals surface area (Å²) in [5.41, 5.74) is 0. The van der Waals surface area contributed by atoms with Gasteiger partial charge in [-0.3, -0.25) is 0 Å². The maximum absolute atomic E-state index is 9.92. The molecule has 1 rings (SSSR count). The molecule has 0 amide bonds. The number of nitrogens with one attached hydrogen (secondary N) is 1. The molecular formula is C15H31NO. The van der Waals surface area contributed by atoms with Crippen molar-refractivity contribution in [2.45, 2.75) is 96.2 Å². The SMILES string of the molecule is CCCCCC[C@H](O)CC[C@@H]1CCC[C@H](C)N1. The van der Waals surface area contributed by atoms with Crippen molar-refractivity contribution in [2.75, 3.05) is 0 Å². The first kappa shape index (κ1) is 15.0. The maximum Gasteiger partial charge on any atom is 0.0540 e. The fourth-order valence-electron chi connectivity index (χ4n) is 2.81. The minimum absolute atomic E-state index is 0.0640. The number of hydrogen-bond donors (Lipinski definition) is 2. The van der Waals surface area contributed by atoms with E-state index in [4.69, 9.17) is 0 Å². The van der Waals surface area contributed by atoms with Gasteiger partial charge in [0.15, 0.2) is 0 Å². The van der Waals surface area contributed by atoms with E-state index in [9.17, 15) is 5.11 Å². The molecule has 0 aliphatic carbocycles. The molecule has 1 aliphatic rings. The van der Waals surface area contributed by atoms with E-state index in [2.05, 4.69) is 19.2 Å². The Morgan fingerprint density at radius 3 is 2.71 bits per heavy atom. The van der Waals surface area contributed by atoms with Crippen LogP contribution < -0.4 is 5.32 Å². The van der Waals surface area contributed by atoms with E-state index in [1.165, 1.54) is 44.9 Å². The van der Waals surface area contributed by atoms with Crippen molar-refractivity contribution in [3.8, 4) is 0 Å². The molecule has 2 nitrogen and oxygen atoms in total. The first-order valence-electron chi connectivity index (χ1n) is 7.66. The standard InChI is InChI=1S/C15H31NO/c1-3-4-5-6-10-15(17)12-11-14-9-7-8-13(2)16-14/h13-17H,3-12H2,1-2H3/t13-,14-,15-/m0/s1. The van der Waals surface area contributed by atoms with E-state index in [1.54, 1.807) is 0 Å². The van der Waals surface area contributed by atoms with Gasteiger partial charge in [-0.1, -0.05) is 39.0 Å². The molecule has 2 N–H and O–H groups in total. The van der Waals surface area contributed by atoms with Crippen molar-refractivity contribution in [2.24, 2.45) is 0 Å². The Morgan fingerprint density at radius 1 is 1.18 bits per heavy atom. The van der Waals surface area contributed by atoms with Crippen LogP contribution >= 0.6 is 0 Å². The molecule has 0 unspecified atom stereocenters. The molecule has 0 radical (unpaired) electrons. The molecule has 17 heavy (non-hydrogen) atoms. The summed E-state index contributed by atoms with van der Waals surface area (Å²) in [6.45, 7) is 4.50. The van der Waals surface area contributed by atoms with E-state index in [0.29, 0.717) is 12.1 Å². The molecule has 1 heterocycles. The molecule has 0 aromatic carbocycles. The summed E-state index contributed by atoms with van der Waals surface area (Å²) in [6, 6.07) is 1.33. The number of hydrogen-bond acceptors (Lipinski definition) is 2. The summed E-state index contributed by atoms with van der Waals surface area (Å²) >= 11 is 0. The molecule has 0 aromatic rings. The number of unbranched alkanes of at least 4 members (excludes halogenated alkanes) is 3. The summed E-state index contributed by atoms with van der Waals surface area (Å²) in [4.78, 5) is 0. The Hall–Kier alpha value is -0.0800. The summed E-state index contributed by atoms with van der Waals surface area (Å²) in [7, 11) is 0. The van der Waals surface area contributed by atoms with Gasteiger partial charge >= 0.3 is 0 Å². The van der Waals surface area contributed by atoms with Crippen LogP contribution in [0.4, 0.5) is 0 Å². The zero-order valence-electron chi connectivity index (χ0n) is 11.8. The maximum atomic E-state index is 9.92. The van der Waals surface area contributed by atoms with Crippen LogP contribution in [-0.4, -0.2) is 23.3 Å².